The molecule has 6 aromatic rings. The fraction of sp³-hybridized carbons (Fsp3) is 0.143. The van der Waals surface area contributed by atoms with E-state index in [0.29, 0.717) is 0 Å². The topological polar surface area (TPSA) is 257 Å². The van der Waals surface area contributed by atoms with Crippen molar-refractivity contribution in [1.29, 1.82) is 0 Å². The minimum absolute atomic E-state index is 0. The van der Waals surface area contributed by atoms with Crippen LogP contribution in [-0.2, 0) is 56.9 Å². The summed E-state index contributed by atoms with van der Waals surface area (Å²) >= 11 is 0. The average molecular weight is 1050 g/mol. The van der Waals surface area contributed by atoms with Crippen LogP contribution >= 0.6 is 0 Å². The van der Waals surface area contributed by atoms with Gasteiger partial charge in [-0.2, -0.15) is 68.0 Å². The van der Waals surface area contributed by atoms with Crippen molar-refractivity contribution in [2.45, 2.75) is 22.0 Å². The van der Waals surface area contributed by atoms with Crippen LogP contribution in [0.1, 0.15) is 0 Å². The minimum atomic E-state index is -6.72. The van der Waals surface area contributed by atoms with Crippen molar-refractivity contribution in [3.8, 4) is 17.5 Å². The van der Waals surface area contributed by atoms with Crippen molar-refractivity contribution >= 4 is 40.1 Å². The summed E-state index contributed by atoms with van der Waals surface area (Å²) in [6, 6.07) is 22.8. The van der Waals surface area contributed by atoms with E-state index in [1.54, 1.807) is 51.2 Å². The van der Waals surface area contributed by atoms with Crippen LogP contribution in [0.25, 0.3) is 25.7 Å². The summed E-state index contributed by atoms with van der Waals surface area (Å²) in [5.74, 6) is 2.53. The molecule has 0 unspecified atom stereocenters. The Bertz CT molecular complexity index is 2380. The summed E-state index contributed by atoms with van der Waals surface area (Å²) in [5.41, 5.74) is -24.8. The summed E-state index contributed by atoms with van der Waals surface area (Å²) in [4.78, 5) is 12.4. The van der Waals surface area contributed by atoms with Gasteiger partial charge in [0.1, 0.15) is 0 Å². The van der Waals surface area contributed by atoms with E-state index in [9.17, 15) is 86.4 Å². The van der Waals surface area contributed by atoms with E-state index in [2.05, 4.69) is 30.2 Å². The van der Waals surface area contributed by atoms with Crippen LogP contribution in [0.15, 0.2) is 129 Å². The predicted octanol–water partition coefficient (Wildman–Crippen LogP) is 5.92. The maximum absolute atomic E-state index is 11.4. The van der Waals surface area contributed by atoms with Crippen LogP contribution in [0.5, 0.6) is 0 Å². The Labute approximate surface area is 362 Å². The molecule has 0 saturated heterocycles. The molecule has 64 heavy (non-hydrogen) atoms. The number of alkyl halides is 12. The standard InChI is InChI=1S/3C8H7N3.2C2F6NO4S2.Co/c3*1-2-5-9-8(4-1)11-7-3-6-10-11;2*3-1(4,5)14(10,11)9-15(12,13)2(6,7)8;/h3*1-7H;;;/q;;;2*-1;+2. The second kappa shape index (κ2) is 22.9. The minimum Gasteiger partial charge on any atom is -0.421 e. The first-order valence-corrected chi connectivity index (χ1v) is 21.0. The molecule has 0 bridgehead atoms. The first kappa shape index (κ1) is 56.5. The number of halogens is 12. The second-order valence-corrected chi connectivity index (χ2v) is 17.1. The predicted molar refractivity (Wildman–Crippen MR) is 191 cm³/mol. The van der Waals surface area contributed by atoms with Crippen LogP contribution < -0.4 is 0 Å². The van der Waals surface area contributed by atoms with Crippen molar-refractivity contribution in [1.82, 2.24) is 44.3 Å². The van der Waals surface area contributed by atoms with Crippen LogP contribution in [0, 0.1) is 0 Å². The molecule has 0 aliphatic rings. The number of hydrogen-bond donors (Lipinski definition) is 0. The molecule has 0 spiro atoms. The maximum Gasteiger partial charge on any atom is 2.00 e. The van der Waals surface area contributed by atoms with Crippen LogP contribution in [0.2, 0.25) is 0 Å². The molecule has 1 radical (unpaired) electrons. The molecule has 0 amide bonds. The monoisotopic (exact) mass is 1050 g/mol. The first-order chi connectivity index (χ1) is 28.8. The second-order valence-electron chi connectivity index (χ2n) is 10.2. The van der Waals surface area contributed by atoms with Gasteiger partial charge in [-0.05, 0) is 54.6 Å². The molecule has 0 atom stereocenters. The Kier molecular flexibility index (Phi) is 20.2. The smallest absolute Gasteiger partial charge is 0.421 e. The summed E-state index contributed by atoms with van der Waals surface area (Å²) in [5, 5.41) is 12.1. The third-order valence-corrected chi connectivity index (χ3v) is 11.2. The van der Waals surface area contributed by atoms with Gasteiger partial charge in [0.2, 0.25) is 0 Å². The van der Waals surface area contributed by atoms with E-state index in [1.807, 2.05) is 91.4 Å². The number of pyridine rings is 3. The molecular formula is C28H21CoF12N11O8S4. The van der Waals surface area contributed by atoms with Crippen LogP contribution in [0.3, 0.4) is 0 Å². The fourth-order valence-corrected chi connectivity index (χ4v) is 6.53. The quantitative estimate of drug-likeness (QED) is 0.168. The molecule has 0 aliphatic carbocycles. The molecule has 6 aromatic heterocycles. The Morgan fingerprint density at radius 3 is 0.719 bits per heavy atom. The first-order valence-electron chi connectivity index (χ1n) is 15.3. The van der Waals surface area contributed by atoms with Crippen molar-refractivity contribution in [2.75, 3.05) is 0 Å². The number of rotatable bonds is 7. The van der Waals surface area contributed by atoms with E-state index < -0.39 is 62.1 Å². The zero-order valence-electron chi connectivity index (χ0n) is 30.3. The Hall–Kier alpha value is -5.53. The number of aromatic nitrogens is 9. The largest absolute Gasteiger partial charge is 2.00 e. The van der Waals surface area contributed by atoms with Gasteiger partial charge in [-0.25, -0.2) is 62.7 Å². The molecule has 6 heterocycles. The van der Waals surface area contributed by atoms with Crippen molar-refractivity contribution in [3.05, 3.63) is 137 Å². The normalized spacial score (nSPS) is 12.2. The number of hydrogen-bond acceptors (Lipinski definition) is 14. The van der Waals surface area contributed by atoms with Crippen LogP contribution in [0.4, 0.5) is 52.7 Å². The van der Waals surface area contributed by atoms with E-state index in [4.69, 9.17) is 0 Å². The zero-order valence-corrected chi connectivity index (χ0v) is 34.6. The van der Waals surface area contributed by atoms with Gasteiger partial charge in [-0.3, -0.25) is 0 Å². The maximum atomic E-state index is 11.4. The molecule has 6 rings (SSSR count). The van der Waals surface area contributed by atoms with Crippen molar-refractivity contribution in [2.24, 2.45) is 0 Å². The fourth-order valence-electron chi connectivity index (χ4n) is 3.11. The summed E-state index contributed by atoms with van der Waals surface area (Å²) < 4.78 is 224. The van der Waals surface area contributed by atoms with E-state index in [-0.39, 0.29) is 16.8 Å². The Morgan fingerprint density at radius 1 is 0.359 bits per heavy atom. The summed E-state index contributed by atoms with van der Waals surface area (Å²) in [7, 11) is -26.9. The molecule has 0 saturated carbocycles. The molecule has 0 fully saturated rings. The number of nitrogens with zero attached hydrogens (tertiary/aromatic N) is 11. The van der Waals surface area contributed by atoms with Gasteiger partial charge in [-0.1, -0.05) is 18.2 Å². The van der Waals surface area contributed by atoms with E-state index in [1.165, 1.54) is 0 Å². The molecule has 19 nitrogen and oxygen atoms in total. The molecule has 0 N–H and O–H groups in total. The van der Waals surface area contributed by atoms with Crippen molar-refractivity contribution in [3.63, 3.8) is 0 Å². The SMILES string of the molecule is O=S(=O)([N-]S(=O)(=O)C(F)(F)F)C(F)(F)F.O=S(=O)([N-]S(=O)(=O)C(F)(F)F)C(F)(F)F.[Co+2].c1ccc(-n2cccn2)nc1.c1ccc(-n2cccn2)nc1.c1ccc(-n2cccn2)nc1. The number of sulfonamides is 4. The van der Waals surface area contributed by atoms with Crippen LogP contribution in [-0.4, -0.2) is 100.0 Å². The van der Waals surface area contributed by atoms with Gasteiger partial charge < -0.3 is 8.25 Å². The molecule has 0 aliphatic heterocycles. The average Bonchev–Trinajstić information content (AvgIpc) is 4.00. The van der Waals surface area contributed by atoms with E-state index in [0.717, 1.165) is 25.7 Å². The van der Waals surface area contributed by atoms with Gasteiger partial charge >= 0.3 is 38.8 Å². The van der Waals surface area contributed by atoms with Gasteiger partial charge in [0.15, 0.2) is 57.5 Å². The third kappa shape index (κ3) is 17.6. The zero-order chi connectivity index (χ0) is 48.0. The van der Waals surface area contributed by atoms with Crippen molar-refractivity contribution < 1.29 is 103 Å². The van der Waals surface area contributed by atoms with Gasteiger partial charge in [0.25, 0.3) is 0 Å². The van der Waals surface area contributed by atoms with Gasteiger partial charge in [0, 0.05) is 55.8 Å². The Morgan fingerprint density at radius 2 is 0.578 bits per heavy atom. The summed E-state index contributed by atoms with van der Waals surface area (Å²) in [6.07, 6.45) is 16.0. The van der Waals surface area contributed by atoms with Gasteiger partial charge in [0.05, 0.1) is 0 Å². The molecule has 36 heteroatoms. The molecule has 353 valence electrons. The van der Waals surface area contributed by atoms with Gasteiger partial charge in [-0.15, -0.1) is 0 Å². The summed E-state index contributed by atoms with van der Waals surface area (Å²) in [6.45, 7) is 0. The Balaban J connectivity index is 0.000000400. The molecule has 0 aromatic carbocycles. The molecular weight excluding hydrogens is 1030 g/mol. The third-order valence-electron chi connectivity index (χ3n) is 5.73. The van der Waals surface area contributed by atoms with E-state index >= 15 is 0 Å².